The summed E-state index contributed by atoms with van der Waals surface area (Å²) in [6, 6.07) is 14.4. The largest absolute Gasteiger partial charge is 0.494 e. The Bertz CT molecular complexity index is 1260. The van der Waals surface area contributed by atoms with Crippen LogP contribution < -0.4 is 9.64 Å². The fraction of sp³-hybridized carbons (Fsp3) is 0.500. The number of hydrogen-bond acceptors (Lipinski definition) is 5. The number of aryl methyl sites for hydroxylation is 1. The molecule has 1 aromatic heterocycles. The fourth-order valence-corrected chi connectivity index (χ4v) is 6.07. The van der Waals surface area contributed by atoms with Crippen molar-refractivity contribution in [1.29, 1.82) is 0 Å². The van der Waals surface area contributed by atoms with Crippen LogP contribution in [0.3, 0.4) is 0 Å². The Labute approximate surface area is 202 Å². The normalized spacial score (nSPS) is 17.8. The van der Waals surface area contributed by atoms with Gasteiger partial charge in [-0.2, -0.15) is 4.31 Å². The van der Waals surface area contributed by atoms with Crippen molar-refractivity contribution in [2.75, 3.05) is 37.4 Å². The quantitative estimate of drug-likeness (QED) is 0.477. The number of aromatic nitrogens is 2. The number of rotatable bonds is 7. The van der Waals surface area contributed by atoms with Crippen molar-refractivity contribution in [1.82, 2.24) is 13.9 Å². The number of para-hydroxylation sites is 2. The Morgan fingerprint density at radius 1 is 1.06 bits per heavy atom. The molecule has 1 saturated heterocycles. The van der Waals surface area contributed by atoms with Gasteiger partial charge in [0.25, 0.3) is 0 Å². The molecule has 182 valence electrons. The summed E-state index contributed by atoms with van der Waals surface area (Å²) in [5.74, 6) is 2.71. The monoisotopic (exact) mass is 482 g/mol. The summed E-state index contributed by atoms with van der Waals surface area (Å²) < 4.78 is 33.4. The first-order chi connectivity index (χ1) is 16.4. The van der Waals surface area contributed by atoms with Gasteiger partial charge in [0, 0.05) is 33.2 Å². The molecular formula is C26H34N4O3S. The third-order valence-electron chi connectivity index (χ3n) is 7.31. The molecule has 7 nitrogen and oxygen atoms in total. The van der Waals surface area contributed by atoms with Gasteiger partial charge in [0.1, 0.15) is 5.75 Å². The van der Waals surface area contributed by atoms with Gasteiger partial charge in [0.15, 0.2) is 0 Å². The van der Waals surface area contributed by atoms with E-state index in [1.807, 2.05) is 18.2 Å². The van der Waals surface area contributed by atoms with Crippen LogP contribution in [0.4, 0.5) is 5.95 Å². The molecule has 5 rings (SSSR count). The van der Waals surface area contributed by atoms with Crippen LogP contribution in [0.25, 0.3) is 11.0 Å². The first-order valence-corrected chi connectivity index (χ1v) is 14.1. The lowest BCUT2D eigenvalue weighted by Gasteiger charge is -2.32. The maximum atomic E-state index is 11.8. The van der Waals surface area contributed by atoms with Gasteiger partial charge in [-0.15, -0.1) is 0 Å². The highest BCUT2D eigenvalue weighted by Crippen LogP contribution is 2.28. The van der Waals surface area contributed by atoms with Crippen molar-refractivity contribution in [3.63, 3.8) is 0 Å². The number of nitrogens with zero attached hydrogens (tertiary/aromatic N) is 4. The Hall–Kier alpha value is -2.58. The van der Waals surface area contributed by atoms with Crippen molar-refractivity contribution in [2.24, 2.45) is 13.0 Å². The third-order valence-corrected chi connectivity index (χ3v) is 8.56. The van der Waals surface area contributed by atoms with E-state index in [-0.39, 0.29) is 0 Å². The standard InChI is InChI=1S/C26H34N4O3S/c1-28-25-8-4-3-7-24(25)27-26(28)29-14-11-20(12-15-29)6-5-17-33-23-10-9-22-19-30(34(2,31)32)16-13-21(22)18-23/h3-4,7-10,18,20H,5-6,11-17,19H2,1-2H3. The van der Waals surface area contributed by atoms with E-state index in [0.717, 1.165) is 61.2 Å². The predicted molar refractivity (Wildman–Crippen MR) is 136 cm³/mol. The summed E-state index contributed by atoms with van der Waals surface area (Å²) in [5, 5.41) is 0. The van der Waals surface area contributed by atoms with Gasteiger partial charge in [0.2, 0.25) is 16.0 Å². The van der Waals surface area contributed by atoms with E-state index in [0.29, 0.717) is 13.1 Å². The number of imidazole rings is 1. The van der Waals surface area contributed by atoms with E-state index in [1.165, 1.54) is 40.9 Å². The molecule has 34 heavy (non-hydrogen) atoms. The van der Waals surface area contributed by atoms with Crippen LogP contribution in [0, 0.1) is 5.92 Å². The zero-order valence-electron chi connectivity index (χ0n) is 20.1. The fourth-order valence-electron chi connectivity index (χ4n) is 5.28. The molecule has 0 saturated carbocycles. The summed E-state index contributed by atoms with van der Waals surface area (Å²) in [6.07, 6.45) is 6.64. The second kappa shape index (κ2) is 9.58. The van der Waals surface area contributed by atoms with Crippen LogP contribution in [0.1, 0.15) is 36.8 Å². The number of hydrogen-bond donors (Lipinski definition) is 0. The molecule has 0 unspecified atom stereocenters. The highest BCUT2D eigenvalue weighted by atomic mass is 32.2. The second-order valence-electron chi connectivity index (χ2n) is 9.66. The molecule has 1 fully saturated rings. The van der Waals surface area contributed by atoms with Crippen LogP contribution in [0.15, 0.2) is 42.5 Å². The Kier molecular flexibility index (Phi) is 6.53. The molecule has 0 amide bonds. The van der Waals surface area contributed by atoms with E-state index in [4.69, 9.17) is 9.72 Å². The van der Waals surface area contributed by atoms with Crippen LogP contribution in [-0.2, 0) is 30.0 Å². The summed E-state index contributed by atoms with van der Waals surface area (Å²) in [6.45, 7) is 3.83. The van der Waals surface area contributed by atoms with Gasteiger partial charge >= 0.3 is 0 Å². The second-order valence-corrected chi connectivity index (χ2v) is 11.6. The van der Waals surface area contributed by atoms with Gasteiger partial charge in [0.05, 0.1) is 23.9 Å². The molecule has 0 aliphatic carbocycles. The van der Waals surface area contributed by atoms with Crippen LogP contribution in [0.2, 0.25) is 0 Å². The van der Waals surface area contributed by atoms with Gasteiger partial charge in [-0.1, -0.05) is 18.2 Å². The Balaban J connectivity index is 1.07. The highest BCUT2D eigenvalue weighted by Gasteiger charge is 2.24. The maximum absolute atomic E-state index is 11.8. The van der Waals surface area contributed by atoms with Crippen molar-refractivity contribution in [2.45, 2.75) is 38.6 Å². The average molecular weight is 483 g/mol. The number of anilines is 1. The van der Waals surface area contributed by atoms with E-state index < -0.39 is 10.0 Å². The molecule has 0 spiro atoms. The molecular weight excluding hydrogens is 448 g/mol. The molecule has 0 bridgehead atoms. The van der Waals surface area contributed by atoms with E-state index in [1.54, 1.807) is 0 Å². The molecule has 2 aliphatic heterocycles. The predicted octanol–water partition coefficient (Wildman–Crippen LogP) is 3.97. The van der Waals surface area contributed by atoms with Crippen LogP contribution in [-0.4, -0.2) is 54.8 Å². The number of sulfonamides is 1. The minimum Gasteiger partial charge on any atom is -0.494 e. The van der Waals surface area contributed by atoms with Crippen molar-refractivity contribution < 1.29 is 13.2 Å². The Morgan fingerprint density at radius 2 is 1.85 bits per heavy atom. The molecule has 3 aromatic rings. The molecule has 0 radical (unpaired) electrons. The lowest BCUT2D eigenvalue weighted by molar-refractivity contribution is 0.278. The minimum absolute atomic E-state index is 0.460. The minimum atomic E-state index is -3.14. The van der Waals surface area contributed by atoms with E-state index in [9.17, 15) is 8.42 Å². The summed E-state index contributed by atoms with van der Waals surface area (Å²) >= 11 is 0. The summed E-state index contributed by atoms with van der Waals surface area (Å²) in [7, 11) is -1.03. The van der Waals surface area contributed by atoms with Crippen LogP contribution in [0.5, 0.6) is 5.75 Å². The van der Waals surface area contributed by atoms with Crippen LogP contribution >= 0.6 is 0 Å². The van der Waals surface area contributed by atoms with Crippen molar-refractivity contribution in [3.05, 3.63) is 53.6 Å². The van der Waals surface area contributed by atoms with Gasteiger partial charge in [-0.3, -0.25) is 0 Å². The van der Waals surface area contributed by atoms with Gasteiger partial charge in [-0.05, 0) is 73.4 Å². The highest BCUT2D eigenvalue weighted by molar-refractivity contribution is 7.88. The molecule has 2 aromatic carbocycles. The smallest absolute Gasteiger partial charge is 0.211 e. The third kappa shape index (κ3) is 4.93. The summed E-state index contributed by atoms with van der Waals surface area (Å²) in [5.41, 5.74) is 4.53. The van der Waals surface area contributed by atoms with E-state index >= 15 is 0 Å². The molecule has 3 heterocycles. The first-order valence-electron chi connectivity index (χ1n) is 12.2. The zero-order valence-corrected chi connectivity index (χ0v) is 20.9. The number of benzene rings is 2. The summed E-state index contributed by atoms with van der Waals surface area (Å²) in [4.78, 5) is 7.27. The van der Waals surface area contributed by atoms with Gasteiger partial charge in [-0.25, -0.2) is 13.4 Å². The maximum Gasteiger partial charge on any atom is 0.211 e. The lowest BCUT2D eigenvalue weighted by Crippen LogP contribution is -2.35. The number of fused-ring (bicyclic) bond motifs is 2. The average Bonchev–Trinajstić information content (AvgIpc) is 3.18. The molecule has 0 atom stereocenters. The van der Waals surface area contributed by atoms with Crippen molar-refractivity contribution in [3.8, 4) is 5.75 Å². The number of ether oxygens (including phenoxy) is 1. The number of piperidine rings is 1. The molecule has 2 aliphatic rings. The molecule has 0 N–H and O–H groups in total. The lowest BCUT2D eigenvalue weighted by atomic mass is 9.92. The Morgan fingerprint density at radius 3 is 2.62 bits per heavy atom. The first kappa shape index (κ1) is 23.2. The zero-order chi connectivity index (χ0) is 23.7. The topological polar surface area (TPSA) is 67.7 Å². The van der Waals surface area contributed by atoms with Gasteiger partial charge < -0.3 is 14.2 Å². The SMILES string of the molecule is Cn1c(N2CCC(CCCOc3ccc4c(c3)CCN(S(C)(=O)=O)C4)CC2)nc2ccccc21. The van der Waals surface area contributed by atoms with E-state index in [2.05, 4.69) is 40.8 Å². The molecule has 8 heteroatoms. The van der Waals surface area contributed by atoms with Crippen molar-refractivity contribution >= 4 is 27.0 Å².